The van der Waals surface area contributed by atoms with Gasteiger partial charge in [0.2, 0.25) is 17.7 Å². The molecule has 0 aromatic carbocycles. The number of nitrogens with two attached hydrogens (primary N) is 1. The summed E-state index contributed by atoms with van der Waals surface area (Å²) in [5.74, 6) is -1.78. The molecule has 0 saturated carbocycles. The highest BCUT2D eigenvalue weighted by molar-refractivity contribution is 5.93. The van der Waals surface area contributed by atoms with Crippen LogP contribution >= 0.6 is 0 Å². The Hall–Kier alpha value is -2.36. The lowest BCUT2D eigenvalue weighted by molar-refractivity contribution is -0.144. The van der Waals surface area contributed by atoms with Crippen molar-refractivity contribution in [1.82, 2.24) is 15.5 Å². The molecule has 0 rings (SSSR count). The zero-order valence-electron chi connectivity index (χ0n) is 19.3. The van der Waals surface area contributed by atoms with E-state index in [1.54, 1.807) is 20.9 Å². The second-order valence-corrected chi connectivity index (χ2v) is 8.52. The van der Waals surface area contributed by atoms with Crippen LogP contribution in [0.4, 0.5) is 4.79 Å². The maximum absolute atomic E-state index is 13.3. The maximum atomic E-state index is 13.3. The third kappa shape index (κ3) is 7.81. The van der Waals surface area contributed by atoms with E-state index in [-0.39, 0.29) is 24.2 Å². The van der Waals surface area contributed by atoms with E-state index in [1.807, 2.05) is 13.8 Å². The van der Waals surface area contributed by atoms with E-state index in [1.165, 1.54) is 25.9 Å². The van der Waals surface area contributed by atoms with Crippen LogP contribution in [0.15, 0.2) is 0 Å². The first-order valence-electron chi connectivity index (χ1n) is 10.1. The Kier molecular flexibility index (Phi) is 10.8. The number of hydrogen-bond donors (Lipinski definition) is 4. The van der Waals surface area contributed by atoms with E-state index in [0.29, 0.717) is 0 Å². The number of carboxylic acid groups (broad SMARTS) is 1. The number of hydrogen-bond acceptors (Lipinski definition) is 5. The largest absolute Gasteiger partial charge is 0.465 e. The van der Waals surface area contributed by atoms with Gasteiger partial charge in [0.05, 0.1) is 18.6 Å². The van der Waals surface area contributed by atoms with Crippen molar-refractivity contribution < 1.29 is 29.0 Å². The van der Waals surface area contributed by atoms with Gasteiger partial charge < -0.3 is 31.1 Å². The van der Waals surface area contributed by atoms with Crippen LogP contribution in [0.25, 0.3) is 0 Å². The fourth-order valence-electron chi connectivity index (χ4n) is 3.31. The van der Waals surface area contributed by atoms with Crippen LogP contribution in [0.2, 0.25) is 0 Å². The van der Waals surface area contributed by atoms with Gasteiger partial charge in [0, 0.05) is 14.2 Å². The van der Waals surface area contributed by atoms with E-state index in [0.717, 1.165) is 6.42 Å². The number of rotatable bonds is 12. The number of primary amides is 1. The molecule has 174 valence electrons. The molecule has 0 unspecified atom stereocenters. The molecule has 10 nitrogen and oxygen atoms in total. The summed E-state index contributed by atoms with van der Waals surface area (Å²) < 4.78 is 5.48. The second kappa shape index (κ2) is 11.7. The average molecular weight is 431 g/mol. The molecular weight excluding hydrogens is 392 g/mol. The van der Waals surface area contributed by atoms with Crippen molar-refractivity contribution in [1.29, 1.82) is 0 Å². The molecule has 4 amide bonds. The van der Waals surface area contributed by atoms with E-state index in [4.69, 9.17) is 15.6 Å². The molecule has 0 aromatic heterocycles. The topological polar surface area (TPSA) is 151 Å². The molecule has 0 heterocycles. The standard InChI is InChI=1S/C20H38N4O6/c1-9-12(4)16(13(30-8)10-14(21)25)24(7)17(26)15(11(2)3)22-18(27)20(5,6)23-19(28)29/h11-13,15-16,23H,9-10H2,1-8H3,(H2,21,25)(H,22,27)(H,28,29)/t12-,13+,15-,16-/m0/s1. The van der Waals surface area contributed by atoms with Crippen molar-refractivity contribution in [3.8, 4) is 0 Å². The van der Waals surface area contributed by atoms with Crippen molar-refractivity contribution in [3.05, 3.63) is 0 Å². The van der Waals surface area contributed by atoms with E-state index >= 15 is 0 Å². The van der Waals surface area contributed by atoms with E-state index < -0.39 is 41.6 Å². The van der Waals surface area contributed by atoms with Crippen LogP contribution in [0, 0.1) is 11.8 Å². The molecule has 10 heteroatoms. The van der Waals surface area contributed by atoms with Crippen molar-refractivity contribution in [3.63, 3.8) is 0 Å². The predicted molar refractivity (Wildman–Crippen MR) is 113 cm³/mol. The van der Waals surface area contributed by atoms with Crippen LogP contribution in [0.3, 0.4) is 0 Å². The number of carbonyl (C=O) groups excluding carboxylic acids is 3. The van der Waals surface area contributed by atoms with Gasteiger partial charge in [0.25, 0.3) is 0 Å². The van der Waals surface area contributed by atoms with Crippen LogP contribution in [-0.4, -0.2) is 71.7 Å². The first-order valence-corrected chi connectivity index (χ1v) is 10.1. The second-order valence-electron chi connectivity index (χ2n) is 8.52. The minimum Gasteiger partial charge on any atom is -0.465 e. The van der Waals surface area contributed by atoms with Gasteiger partial charge in [-0.3, -0.25) is 14.4 Å². The van der Waals surface area contributed by atoms with Crippen molar-refractivity contribution in [2.24, 2.45) is 17.6 Å². The lowest BCUT2D eigenvalue weighted by Gasteiger charge is -2.40. The van der Waals surface area contributed by atoms with Gasteiger partial charge in [-0.15, -0.1) is 0 Å². The Balaban J connectivity index is 5.78. The van der Waals surface area contributed by atoms with Gasteiger partial charge in [-0.25, -0.2) is 4.79 Å². The first kappa shape index (κ1) is 27.6. The van der Waals surface area contributed by atoms with Crippen LogP contribution in [0.1, 0.15) is 54.4 Å². The van der Waals surface area contributed by atoms with Crippen LogP contribution < -0.4 is 16.4 Å². The molecule has 0 aliphatic rings. The molecular formula is C20H38N4O6. The summed E-state index contributed by atoms with van der Waals surface area (Å²) >= 11 is 0. The molecule has 0 aliphatic carbocycles. The SMILES string of the molecule is CC[C@H](C)[C@@H]([C@@H](CC(N)=O)OC)N(C)C(=O)[C@@H](NC(=O)C(C)(C)NC(=O)O)C(C)C. The van der Waals surface area contributed by atoms with E-state index in [2.05, 4.69) is 10.6 Å². The van der Waals surface area contributed by atoms with Crippen molar-refractivity contribution in [2.45, 2.75) is 78.1 Å². The third-order valence-corrected chi connectivity index (χ3v) is 5.31. The summed E-state index contributed by atoms with van der Waals surface area (Å²) in [6, 6.07) is -1.33. The Morgan fingerprint density at radius 3 is 2.07 bits per heavy atom. The smallest absolute Gasteiger partial charge is 0.405 e. The number of carbonyl (C=O) groups is 4. The normalized spacial score (nSPS) is 15.6. The zero-order chi connectivity index (χ0) is 23.8. The monoisotopic (exact) mass is 430 g/mol. The summed E-state index contributed by atoms with van der Waals surface area (Å²) in [5.41, 5.74) is 3.93. The summed E-state index contributed by atoms with van der Waals surface area (Å²) in [7, 11) is 3.07. The summed E-state index contributed by atoms with van der Waals surface area (Å²) in [4.78, 5) is 49.9. The van der Waals surface area contributed by atoms with Crippen molar-refractivity contribution >= 4 is 23.8 Å². The fourth-order valence-corrected chi connectivity index (χ4v) is 3.31. The molecule has 0 bridgehead atoms. The number of amides is 4. The number of methoxy groups -OCH3 is 1. The molecule has 30 heavy (non-hydrogen) atoms. The van der Waals surface area contributed by atoms with Gasteiger partial charge in [-0.2, -0.15) is 0 Å². The molecule has 0 fully saturated rings. The van der Waals surface area contributed by atoms with Gasteiger partial charge in [0.1, 0.15) is 11.6 Å². The van der Waals surface area contributed by atoms with Crippen LogP contribution in [-0.2, 0) is 19.1 Å². The number of nitrogens with zero attached hydrogens (tertiary/aromatic N) is 1. The predicted octanol–water partition coefficient (Wildman–Crippen LogP) is 0.937. The Morgan fingerprint density at radius 2 is 1.70 bits per heavy atom. The molecule has 0 spiro atoms. The lowest BCUT2D eigenvalue weighted by Crippen LogP contribution is -2.62. The number of ether oxygens (including phenoxy) is 1. The average Bonchev–Trinajstić information content (AvgIpc) is 2.62. The number of likely N-dealkylation sites (N-methyl/N-ethyl adjacent to an activating group) is 1. The quantitative estimate of drug-likeness (QED) is 0.362. The Labute approximate surface area is 178 Å². The highest BCUT2D eigenvalue weighted by Crippen LogP contribution is 2.23. The summed E-state index contributed by atoms with van der Waals surface area (Å²) in [6.45, 7) is 10.3. The zero-order valence-corrected chi connectivity index (χ0v) is 19.3. The first-order chi connectivity index (χ1) is 13.7. The molecule has 0 aromatic rings. The molecule has 4 atom stereocenters. The molecule has 0 saturated heterocycles. The molecule has 5 N–H and O–H groups in total. The number of nitrogens with one attached hydrogen (secondary N) is 2. The minimum absolute atomic E-state index is 0.00289. The highest BCUT2D eigenvalue weighted by Gasteiger charge is 2.39. The Bertz CT molecular complexity index is 622. The maximum Gasteiger partial charge on any atom is 0.405 e. The highest BCUT2D eigenvalue weighted by atomic mass is 16.5. The minimum atomic E-state index is -1.42. The molecule has 0 aliphatic heterocycles. The fraction of sp³-hybridized carbons (Fsp3) is 0.800. The Morgan fingerprint density at radius 1 is 1.17 bits per heavy atom. The summed E-state index contributed by atoms with van der Waals surface area (Å²) in [6.07, 6.45) is -1.25. The van der Waals surface area contributed by atoms with Gasteiger partial charge in [-0.05, 0) is 25.7 Å². The third-order valence-electron chi connectivity index (χ3n) is 5.31. The molecule has 0 radical (unpaired) electrons. The van der Waals surface area contributed by atoms with Crippen molar-refractivity contribution in [2.75, 3.05) is 14.2 Å². The lowest BCUT2D eigenvalue weighted by atomic mass is 9.89. The van der Waals surface area contributed by atoms with E-state index in [9.17, 15) is 19.2 Å². The van der Waals surface area contributed by atoms with Gasteiger partial charge in [0.15, 0.2) is 0 Å². The van der Waals surface area contributed by atoms with Gasteiger partial charge in [-0.1, -0.05) is 34.1 Å². The van der Waals surface area contributed by atoms with Crippen LogP contribution in [0.5, 0.6) is 0 Å². The van der Waals surface area contributed by atoms with Gasteiger partial charge >= 0.3 is 6.09 Å². The summed E-state index contributed by atoms with van der Waals surface area (Å²) in [5, 5.41) is 13.7.